The zero-order valence-corrected chi connectivity index (χ0v) is 14.7. The van der Waals surface area contributed by atoms with Crippen LogP contribution in [0.1, 0.15) is 16.1 Å². The van der Waals surface area contributed by atoms with Crippen LogP contribution in [0.2, 0.25) is 0 Å². The van der Waals surface area contributed by atoms with Gasteiger partial charge in [0.2, 0.25) is 5.78 Å². The van der Waals surface area contributed by atoms with Crippen molar-refractivity contribution in [2.45, 2.75) is 0 Å². The summed E-state index contributed by atoms with van der Waals surface area (Å²) < 4.78 is 0. The number of pyridine rings is 1. The molecule has 0 aliphatic rings. The van der Waals surface area contributed by atoms with Crippen molar-refractivity contribution in [1.29, 1.82) is 0 Å². The van der Waals surface area contributed by atoms with E-state index in [2.05, 4.69) is 9.97 Å². The summed E-state index contributed by atoms with van der Waals surface area (Å²) in [6.45, 7) is 0. The lowest BCUT2D eigenvalue weighted by atomic mass is 10.1. The molecule has 0 saturated heterocycles. The van der Waals surface area contributed by atoms with Crippen molar-refractivity contribution < 1.29 is 4.79 Å². The van der Waals surface area contributed by atoms with E-state index in [0.717, 1.165) is 33.1 Å². The molecule has 4 aromatic rings. The first-order valence-corrected chi connectivity index (χ1v) is 8.49. The molecule has 0 aliphatic carbocycles. The molecule has 0 atom stereocenters. The van der Waals surface area contributed by atoms with Gasteiger partial charge in [-0.3, -0.25) is 9.78 Å². The molecule has 2 aromatic carbocycles. The van der Waals surface area contributed by atoms with E-state index in [1.54, 1.807) is 12.3 Å². The summed E-state index contributed by atoms with van der Waals surface area (Å²) in [4.78, 5) is 22.4. The summed E-state index contributed by atoms with van der Waals surface area (Å²) in [5.74, 6) is -0.112. The summed E-state index contributed by atoms with van der Waals surface area (Å²) in [6, 6.07) is 18.0. The number of carbonyl (C=O) groups is 1. The zero-order chi connectivity index (χ0) is 18.1. The average Bonchev–Trinajstić information content (AvgIpc) is 3.05. The summed E-state index contributed by atoms with van der Waals surface area (Å²) in [7, 11) is 4.00. The van der Waals surface area contributed by atoms with E-state index in [4.69, 9.17) is 0 Å². The average molecular weight is 341 g/mol. The maximum Gasteiger partial charge on any atom is 0.206 e. The largest absolute Gasteiger partial charge is 0.378 e. The van der Waals surface area contributed by atoms with Gasteiger partial charge >= 0.3 is 0 Å². The number of carbonyl (C=O) groups excluding carboxylic acids is 1. The van der Waals surface area contributed by atoms with Gasteiger partial charge in [-0.1, -0.05) is 36.4 Å². The Morgan fingerprint density at radius 3 is 2.54 bits per heavy atom. The van der Waals surface area contributed by atoms with E-state index < -0.39 is 0 Å². The van der Waals surface area contributed by atoms with Gasteiger partial charge in [-0.15, -0.1) is 0 Å². The molecule has 4 nitrogen and oxygen atoms in total. The molecule has 26 heavy (non-hydrogen) atoms. The minimum atomic E-state index is -0.112. The van der Waals surface area contributed by atoms with Crippen LogP contribution in [-0.2, 0) is 0 Å². The van der Waals surface area contributed by atoms with E-state index in [0.29, 0.717) is 5.69 Å². The number of hydrogen-bond acceptors (Lipinski definition) is 3. The molecule has 1 N–H and O–H groups in total. The summed E-state index contributed by atoms with van der Waals surface area (Å²) in [5.41, 5.74) is 4.34. The Kier molecular flexibility index (Phi) is 4.01. The number of anilines is 1. The van der Waals surface area contributed by atoms with Gasteiger partial charge in [0, 0.05) is 42.3 Å². The van der Waals surface area contributed by atoms with Crippen LogP contribution in [0.5, 0.6) is 0 Å². The molecule has 0 spiro atoms. The predicted octanol–water partition coefficient (Wildman–Crippen LogP) is 4.68. The number of aromatic nitrogens is 2. The number of allylic oxidation sites excluding steroid dienone is 1. The van der Waals surface area contributed by atoms with Crippen LogP contribution in [0.25, 0.3) is 27.9 Å². The van der Waals surface area contributed by atoms with Crippen LogP contribution in [0, 0.1) is 0 Å². The van der Waals surface area contributed by atoms with Crippen LogP contribution < -0.4 is 4.90 Å². The number of rotatable bonds is 4. The molecule has 0 radical (unpaired) electrons. The van der Waals surface area contributed by atoms with Crippen molar-refractivity contribution >= 4 is 39.4 Å². The van der Waals surface area contributed by atoms with Crippen molar-refractivity contribution in [2.24, 2.45) is 0 Å². The number of ketones is 1. The third kappa shape index (κ3) is 2.86. The number of nitrogens with zero attached hydrogens (tertiary/aromatic N) is 2. The summed E-state index contributed by atoms with van der Waals surface area (Å²) >= 11 is 0. The first-order valence-electron chi connectivity index (χ1n) is 8.49. The van der Waals surface area contributed by atoms with Gasteiger partial charge in [-0.25, -0.2) is 0 Å². The minimum Gasteiger partial charge on any atom is -0.378 e. The van der Waals surface area contributed by atoms with Crippen LogP contribution in [0.4, 0.5) is 5.69 Å². The maximum absolute atomic E-state index is 12.7. The Labute approximate surface area is 151 Å². The smallest absolute Gasteiger partial charge is 0.206 e. The van der Waals surface area contributed by atoms with Gasteiger partial charge < -0.3 is 9.88 Å². The Hall–Kier alpha value is -3.40. The molecule has 0 fully saturated rings. The van der Waals surface area contributed by atoms with Crippen LogP contribution in [0.3, 0.4) is 0 Å². The maximum atomic E-state index is 12.7. The molecule has 0 bridgehead atoms. The quantitative estimate of drug-likeness (QED) is 0.433. The highest BCUT2D eigenvalue weighted by Crippen LogP contribution is 2.26. The highest BCUT2D eigenvalue weighted by molar-refractivity contribution is 6.17. The number of hydrogen-bond donors (Lipinski definition) is 1. The molecule has 0 aliphatic heterocycles. The molecular formula is C22H19N3O. The van der Waals surface area contributed by atoms with E-state index in [1.807, 2.05) is 79.7 Å². The van der Waals surface area contributed by atoms with Crippen LogP contribution in [0.15, 0.2) is 66.9 Å². The lowest BCUT2D eigenvalue weighted by Crippen LogP contribution is -2.07. The first kappa shape index (κ1) is 16.1. The molecule has 2 aromatic heterocycles. The fraction of sp³-hybridized carbons (Fsp3) is 0.0909. The Morgan fingerprint density at radius 2 is 1.77 bits per heavy atom. The third-order valence-corrected chi connectivity index (χ3v) is 4.50. The number of fused-ring (bicyclic) bond motifs is 3. The fourth-order valence-electron chi connectivity index (χ4n) is 3.10. The lowest BCUT2D eigenvalue weighted by Gasteiger charge is -2.11. The molecule has 4 rings (SSSR count). The van der Waals surface area contributed by atoms with Crippen molar-refractivity contribution in [3.05, 3.63) is 78.1 Å². The number of H-pyrrole nitrogens is 1. The number of aromatic amines is 1. The second kappa shape index (κ2) is 6.48. The summed E-state index contributed by atoms with van der Waals surface area (Å²) in [5, 5.41) is 2.12. The number of para-hydroxylation sites is 1. The van der Waals surface area contributed by atoms with Gasteiger partial charge in [-0.05, 0) is 35.9 Å². The molecule has 2 heterocycles. The lowest BCUT2D eigenvalue weighted by molar-refractivity contribution is 0.104. The van der Waals surface area contributed by atoms with E-state index in [1.165, 1.54) is 0 Å². The second-order valence-corrected chi connectivity index (χ2v) is 6.44. The van der Waals surface area contributed by atoms with Crippen LogP contribution >= 0.6 is 0 Å². The van der Waals surface area contributed by atoms with E-state index in [9.17, 15) is 4.79 Å². The topological polar surface area (TPSA) is 49.0 Å². The van der Waals surface area contributed by atoms with Gasteiger partial charge in [0.05, 0.1) is 5.52 Å². The standard InChI is InChI=1S/C22H19N3O/c1-25(2)16-10-7-15(8-11-16)9-12-20(26)22-21-18(13-14-23-22)17-5-3-4-6-19(17)24-21/h3-14,24H,1-2H3/b12-9+. The monoisotopic (exact) mass is 341 g/mol. The Balaban J connectivity index is 1.68. The van der Waals surface area contributed by atoms with Gasteiger partial charge in [0.25, 0.3) is 0 Å². The molecular weight excluding hydrogens is 322 g/mol. The van der Waals surface area contributed by atoms with Crippen molar-refractivity contribution in [1.82, 2.24) is 9.97 Å². The molecule has 0 saturated carbocycles. The van der Waals surface area contributed by atoms with E-state index >= 15 is 0 Å². The second-order valence-electron chi connectivity index (χ2n) is 6.44. The molecule has 0 unspecified atom stereocenters. The third-order valence-electron chi connectivity index (χ3n) is 4.50. The van der Waals surface area contributed by atoms with Crippen LogP contribution in [-0.4, -0.2) is 29.8 Å². The predicted molar refractivity (Wildman–Crippen MR) is 108 cm³/mol. The SMILES string of the molecule is CN(C)c1ccc(/C=C/C(=O)c2nccc3c2[nH]c2ccccc23)cc1. The Bertz CT molecular complexity index is 1120. The van der Waals surface area contributed by atoms with Gasteiger partial charge in [0.1, 0.15) is 5.69 Å². The fourth-order valence-corrected chi connectivity index (χ4v) is 3.10. The molecule has 128 valence electrons. The Morgan fingerprint density at radius 1 is 1.00 bits per heavy atom. The zero-order valence-electron chi connectivity index (χ0n) is 14.7. The highest BCUT2D eigenvalue weighted by Gasteiger charge is 2.13. The first-order chi connectivity index (χ1) is 12.6. The van der Waals surface area contributed by atoms with Gasteiger partial charge in [-0.2, -0.15) is 0 Å². The number of nitrogens with one attached hydrogen (secondary N) is 1. The molecule has 4 heteroatoms. The normalized spacial score (nSPS) is 11.5. The van der Waals surface area contributed by atoms with Crippen molar-refractivity contribution in [2.75, 3.05) is 19.0 Å². The van der Waals surface area contributed by atoms with Crippen molar-refractivity contribution in [3.8, 4) is 0 Å². The number of benzene rings is 2. The van der Waals surface area contributed by atoms with Gasteiger partial charge in [0.15, 0.2) is 0 Å². The summed E-state index contributed by atoms with van der Waals surface area (Å²) in [6.07, 6.45) is 5.10. The highest BCUT2D eigenvalue weighted by atomic mass is 16.1. The van der Waals surface area contributed by atoms with E-state index in [-0.39, 0.29) is 5.78 Å². The minimum absolute atomic E-state index is 0.112. The molecule has 0 amide bonds. The van der Waals surface area contributed by atoms with Crippen molar-refractivity contribution in [3.63, 3.8) is 0 Å².